The predicted molar refractivity (Wildman–Crippen MR) is 45.8 cm³/mol. The lowest BCUT2D eigenvalue weighted by Gasteiger charge is -2.10. The monoisotopic (exact) mass is 218 g/mol. The van der Waals surface area contributed by atoms with Crippen LogP contribution in [0.5, 0.6) is 0 Å². The molecule has 0 radical (unpaired) electrons. The molecular weight excluding hydrogens is 212 g/mol. The van der Waals surface area contributed by atoms with Crippen molar-refractivity contribution in [2.45, 2.75) is 13.1 Å². The van der Waals surface area contributed by atoms with Gasteiger partial charge in [-0.2, -0.15) is 18.3 Å². The average molecular weight is 218 g/mol. The molecule has 0 bridgehead atoms. The number of alkyl halides is 3. The summed E-state index contributed by atoms with van der Waals surface area (Å²) in [6.07, 6.45) is -3.74. The van der Waals surface area contributed by atoms with Gasteiger partial charge in [0, 0.05) is 5.39 Å². The fourth-order valence-corrected chi connectivity index (χ4v) is 1.48. The number of halogens is 4. The minimum absolute atomic E-state index is 0.0564. The summed E-state index contributed by atoms with van der Waals surface area (Å²) in [5.74, 6) is -1.24. The van der Waals surface area contributed by atoms with E-state index in [0.29, 0.717) is 0 Å². The van der Waals surface area contributed by atoms with Gasteiger partial charge in [-0.25, -0.2) is 4.39 Å². The van der Waals surface area contributed by atoms with Gasteiger partial charge in [-0.05, 0) is 18.6 Å². The van der Waals surface area contributed by atoms with Crippen molar-refractivity contribution < 1.29 is 17.6 Å². The zero-order valence-corrected chi connectivity index (χ0v) is 7.61. The number of H-pyrrole nitrogens is 1. The zero-order chi connectivity index (χ0) is 11.2. The first-order valence-electron chi connectivity index (χ1n) is 4.10. The maximum atomic E-state index is 13.3. The van der Waals surface area contributed by atoms with Gasteiger partial charge in [0.2, 0.25) is 0 Å². The maximum Gasteiger partial charge on any atom is 0.419 e. The van der Waals surface area contributed by atoms with E-state index in [9.17, 15) is 17.6 Å². The molecule has 80 valence electrons. The van der Waals surface area contributed by atoms with Crippen LogP contribution in [0, 0.1) is 12.7 Å². The van der Waals surface area contributed by atoms with E-state index in [4.69, 9.17) is 0 Å². The Morgan fingerprint density at radius 3 is 2.60 bits per heavy atom. The van der Waals surface area contributed by atoms with Crippen LogP contribution in [0.25, 0.3) is 10.9 Å². The van der Waals surface area contributed by atoms with E-state index in [-0.39, 0.29) is 16.5 Å². The van der Waals surface area contributed by atoms with Crippen molar-refractivity contribution in [2.24, 2.45) is 0 Å². The Morgan fingerprint density at radius 2 is 2.00 bits per heavy atom. The van der Waals surface area contributed by atoms with E-state index in [0.717, 1.165) is 6.20 Å². The van der Waals surface area contributed by atoms with Gasteiger partial charge in [-0.15, -0.1) is 0 Å². The Labute approximate surface area is 81.9 Å². The van der Waals surface area contributed by atoms with E-state index >= 15 is 0 Å². The second-order valence-corrected chi connectivity index (χ2v) is 3.21. The Balaban J connectivity index is 2.90. The largest absolute Gasteiger partial charge is 0.419 e. The summed E-state index contributed by atoms with van der Waals surface area (Å²) in [5.41, 5.74) is -1.13. The Morgan fingerprint density at radius 1 is 1.33 bits per heavy atom. The van der Waals surface area contributed by atoms with E-state index in [1.54, 1.807) is 0 Å². The first-order valence-corrected chi connectivity index (χ1v) is 4.10. The second-order valence-electron chi connectivity index (χ2n) is 3.21. The molecule has 15 heavy (non-hydrogen) atoms. The van der Waals surface area contributed by atoms with Crippen molar-refractivity contribution in [1.29, 1.82) is 0 Å². The predicted octanol–water partition coefficient (Wildman–Crippen LogP) is 3.03. The van der Waals surface area contributed by atoms with Crippen molar-refractivity contribution in [2.75, 3.05) is 0 Å². The third kappa shape index (κ3) is 1.45. The van der Waals surface area contributed by atoms with Crippen LogP contribution in [0.3, 0.4) is 0 Å². The molecule has 2 rings (SSSR count). The van der Waals surface area contributed by atoms with E-state index in [1.165, 1.54) is 13.0 Å². The van der Waals surface area contributed by atoms with Crippen molar-refractivity contribution in [3.63, 3.8) is 0 Å². The van der Waals surface area contributed by atoms with Gasteiger partial charge >= 0.3 is 6.18 Å². The molecule has 0 amide bonds. The lowest BCUT2D eigenvalue weighted by Crippen LogP contribution is -2.09. The molecule has 0 saturated carbocycles. The van der Waals surface area contributed by atoms with Gasteiger partial charge in [-0.3, -0.25) is 5.10 Å². The van der Waals surface area contributed by atoms with E-state index in [2.05, 4.69) is 10.2 Å². The van der Waals surface area contributed by atoms with Crippen molar-refractivity contribution in [3.05, 3.63) is 29.2 Å². The molecule has 0 saturated heterocycles. The van der Waals surface area contributed by atoms with Crippen molar-refractivity contribution in [3.8, 4) is 0 Å². The summed E-state index contributed by atoms with van der Waals surface area (Å²) in [6.45, 7) is 1.28. The molecule has 2 nitrogen and oxygen atoms in total. The summed E-state index contributed by atoms with van der Waals surface area (Å²) in [7, 11) is 0. The lowest BCUT2D eigenvalue weighted by atomic mass is 10.1. The van der Waals surface area contributed by atoms with E-state index < -0.39 is 17.6 Å². The molecule has 2 aromatic rings. The molecule has 0 atom stereocenters. The third-order valence-electron chi connectivity index (χ3n) is 2.15. The highest BCUT2D eigenvalue weighted by atomic mass is 19.4. The number of hydrogen-bond acceptors (Lipinski definition) is 1. The molecule has 0 aliphatic heterocycles. The van der Waals surface area contributed by atoms with Gasteiger partial charge < -0.3 is 0 Å². The van der Waals surface area contributed by atoms with Gasteiger partial charge in [0.15, 0.2) is 0 Å². The molecular formula is C9H6F4N2. The smallest absolute Gasteiger partial charge is 0.278 e. The molecule has 0 aliphatic carbocycles. The summed E-state index contributed by atoms with van der Waals surface area (Å²) in [5, 5.41) is 5.60. The SMILES string of the molecule is Cc1cc2[nH]ncc2c(C(F)(F)F)c1F. The van der Waals surface area contributed by atoms with E-state index in [1.807, 2.05) is 0 Å². The number of nitrogens with one attached hydrogen (secondary N) is 1. The molecule has 6 heteroatoms. The molecule has 0 spiro atoms. The first-order chi connectivity index (χ1) is 6.91. The van der Waals surface area contributed by atoms with Crippen LogP contribution in [-0.4, -0.2) is 10.2 Å². The number of rotatable bonds is 0. The summed E-state index contributed by atoms with van der Waals surface area (Å²) >= 11 is 0. The zero-order valence-electron chi connectivity index (χ0n) is 7.61. The normalized spacial score (nSPS) is 12.3. The van der Waals surface area contributed by atoms with Crippen molar-refractivity contribution in [1.82, 2.24) is 10.2 Å². The molecule has 0 unspecified atom stereocenters. The summed E-state index contributed by atoms with van der Waals surface area (Å²) < 4.78 is 51.0. The highest BCUT2D eigenvalue weighted by Crippen LogP contribution is 2.37. The topological polar surface area (TPSA) is 28.7 Å². The molecule has 0 fully saturated rings. The number of aromatic amines is 1. The quantitative estimate of drug-likeness (QED) is 0.676. The standard InChI is InChI=1S/C9H6F4N2/c1-4-2-6-5(3-14-15-6)7(8(4)10)9(11,12)13/h2-3H,1H3,(H,14,15). The molecule has 1 aromatic carbocycles. The Kier molecular flexibility index (Phi) is 1.95. The minimum atomic E-state index is -4.71. The fraction of sp³-hybridized carbons (Fsp3) is 0.222. The Bertz CT molecular complexity index is 513. The van der Waals surface area contributed by atoms with Gasteiger partial charge in [-0.1, -0.05) is 0 Å². The number of aryl methyl sites for hydroxylation is 1. The number of nitrogens with zero attached hydrogens (tertiary/aromatic N) is 1. The van der Waals surface area contributed by atoms with Crippen molar-refractivity contribution >= 4 is 10.9 Å². The number of benzene rings is 1. The summed E-state index contributed by atoms with van der Waals surface area (Å²) in [4.78, 5) is 0. The molecule has 0 aliphatic rings. The van der Waals surface area contributed by atoms with Crippen LogP contribution >= 0.6 is 0 Å². The highest BCUT2D eigenvalue weighted by Gasteiger charge is 2.37. The highest BCUT2D eigenvalue weighted by molar-refractivity contribution is 5.83. The van der Waals surface area contributed by atoms with Crippen LogP contribution in [-0.2, 0) is 6.18 Å². The number of fused-ring (bicyclic) bond motifs is 1. The lowest BCUT2D eigenvalue weighted by molar-refractivity contribution is -0.138. The maximum absolute atomic E-state index is 13.3. The molecule has 1 heterocycles. The van der Waals surface area contributed by atoms with Gasteiger partial charge in [0.25, 0.3) is 0 Å². The number of hydrogen-bond donors (Lipinski definition) is 1. The van der Waals surface area contributed by atoms with Gasteiger partial charge in [0.1, 0.15) is 11.4 Å². The van der Waals surface area contributed by atoms with Gasteiger partial charge in [0.05, 0.1) is 11.7 Å². The fourth-order valence-electron chi connectivity index (χ4n) is 1.48. The van der Waals surface area contributed by atoms with Crippen LogP contribution in [0.2, 0.25) is 0 Å². The average Bonchev–Trinajstić information content (AvgIpc) is 2.50. The van der Waals surface area contributed by atoms with Crippen LogP contribution in [0.15, 0.2) is 12.3 Å². The molecule has 1 N–H and O–H groups in total. The van der Waals surface area contributed by atoms with Crippen LogP contribution in [0.4, 0.5) is 17.6 Å². The second kappa shape index (κ2) is 2.95. The third-order valence-corrected chi connectivity index (χ3v) is 2.15. The minimum Gasteiger partial charge on any atom is -0.278 e. The van der Waals surface area contributed by atoms with Crippen LogP contribution < -0.4 is 0 Å². The van der Waals surface area contributed by atoms with Crippen LogP contribution in [0.1, 0.15) is 11.1 Å². The number of aromatic nitrogens is 2. The first kappa shape index (κ1) is 9.95. The Hall–Kier alpha value is -1.59. The summed E-state index contributed by atoms with van der Waals surface area (Å²) in [6, 6.07) is 1.30. The molecule has 1 aromatic heterocycles.